The van der Waals surface area contributed by atoms with Crippen molar-refractivity contribution in [3.05, 3.63) is 35.9 Å². The molecular formula is C16H21NO6. The number of hydrogen-bond acceptors (Lipinski definition) is 5. The summed E-state index contributed by atoms with van der Waals surface area (Å²) in [6.45, 7) is 4.96. The predicted octanol–water partition coefficient (Wildman–Crippen LogP) is 2.10. The Morgan fingerprint density at radius 2 is 1.78 bits per heavy atom. The molecule has 0 aliphatic carbocycles. The lowest BCUT2D eigenvalue weighted by molar-refractivity contribution is -0.159. The molecule has 0 saturated carbocycles. The number of carboxylic acid groups (broad SMARTS) is 1. The van der Waals surface area contributed by atoms with Gasteiger partial charge in [-0.1, -0.05) is 30.3 Å². The zero-order valence-electron chi connectivity index (χ0n) is 13.4. The summed E-state index contributed by atoms with van der Waals surface area (Å²) in [5.41, 5.74) is -0.0154. The molecule has 23 heavy (non-hydrogen) atoms. The highest BCUT2D eigenvalue weighted by molar-refractivity contribution is 5.85. The number of amides is 1. The highest BCUT2D eigenvalue weighted by Crippen LogP contribution is 2.10. The third-order valence-electron chi connectivity index (χ3n) is 2.57. The summed E-state index contributed by atoms with van der Waals surface area (Å²) in [4.78, 5) is 34.5. The number of carbonyl (C=O) groups is 3. The SMILES string of the molecule is CC(C)(C)OC(=O)C(CC(=O)O)NC(=O)OCc1ccccc1. The van der Waals surface area contributed by atoms with Gasteiger partial charge in [0.15, 0.2) is 0 Å². The Balaban J connectivity index is 2.60. The van der Waals surface area contributed by atoms with E-state index in [0.717, 1.165) is 5.56 Å². The molecule has 1 aromatic carbocycles. The number of nitrogens with one attached hydrogen (secondary N) is 1. The van der Waals surface area contributed by atoms with Gasteiger partial charge in [0.2, 0.25) is 0 Å². The number of ether oxygens (including phenoxy) is 2. The van der Waals surface area contributed by atoms with Crippen molar-refractivity contribution >= 4 is 18.0 Å². The number of aliphatic carboxylic acids is 1. The van der Waals surface area contributed by atoms with Crippen LogP contribution in [0.5, 0.6) is 0 Å². The lowest BCUT2D eigenvalue weighted by Crippen LogP contribution is -2.45. The first kappa shape index (κ1) is 18.5. The Labute approximate surface area is 134 Å². The van der Waals surface area contributed by atoms with Crippen LogP contribution in [0.1, 0.15) is 32.8 Å². The summed E-state index contributed by atoms with van der Waals surface area (Å²) in [5, 5.41) is 11.1. The summed E-state index contributed by atoms with van der Waals surface area (Å²) in [6, 6.07) is 7.66. The number of hydrogen-bond donors (Lipinski definition) is 2. The smallest absolute Gasteiger partial charge is 0.408 e. The minimum Gasteiger partial charge on any atom is -0.481 e. The first-order valence-electron chi connectivity index (χ1n) is 7.09. The normalized spacial score (nSPS) is 12.1. The second-order valence-corrected chi connectivity index (χ2v) is 5.89. The van der Waals surface area contributed by atoms with Crippen molar-refractivity contribution in [1.82, 2.24) is 5.32 Å². The maximum absolute atomic E-state index is 11.9. The fourth-order valence-electron chi connectivity index (χ4n) is 1.65. The van der Waals surface area contributed by atoms with E-state index in [0.29, 0.717) is 0 Å². The highest BCUT2D eigenvalue weighted by Gasteiger charge is 2.29. The van der Waals surface area contributed by atoms with Crippen molar-refractivity contribution < 1.29 is 29.0 Å². The average Bonchev–Trinajstić information content (AvgIpc) is 2.43. The van der Waals surface area contributed by atoms with Gasteiger partial charge in [-0.25, -0.2) is 9.59 Å². The summed E-state index contributed by atoms with van der Waals surface area (Å²) < 4.78 is 10.1. The van der Waals surface area contributed by atoms with Gasteiger partial charge in [0.05, 0.1) is 6.42 Å². The van der Waals surface area contributed by atoms with Gasteiger partial charge in [-0.15, -0.1) is 0 Å². The molecule has 0 aromatic heterocycles. The molecule has 1 aromatic rings. The Hall–Kier alpha value is -2.57. The van der Waals surface area contributed by atoms with Gasteiger partial charge >= 0.3 is 18.0 Å². The molecule has 2 N–H and O–H groups in total. The van der Waals surface area contributed by atoms with E-state index < -0.39 is 36.1 Å². The molecule has 126 valence electrons. The number of alkyl carbamates (subject to hydrolysis) is 1. The largest absolute Gasteiger partial charge is 0.481 e. The standard InChI is InChI=1S/C16H21NO6/c1-16(2,3)23-14(20)12(9-13(18)19)17-15(21)22-10-11-7-5-4-6-8-11/h4-8,12H,9-10H2,1-3H3,(H,17,21)(H,18,19). The highest BCUT2D eigenvalue weighted by atomic mass is 16.6. The summed E-state index contributed by atoms with van der Waals surface area (Å²) in [6.07, 6.45) is -1.47. The maximum Gasteiger partial charge on any atom is 0.408 e. The third kappa shape index (κ3) is 7.85. The molecule has 0 fully saturated rings. The number of carboxylic acids is 1. The lowest BCUT2D eigenvalue weighted by Gasteiger charge is -2.23. The van der Waals surface area contributed by atoms with E-state index in [-0.39, 0.29) is 6.61 Å². The van der Waals surface area contributed by atoms with Crippen molar-refractivity contribution in [2.24, 2.45) is 0 Å². The molecular weight excluding hydrogens is 302 g/mol. The fourth-order valence-corrected chi connectivity index (χ4v) is 1.65. The molecule has 0 heterocycles. The molecule has 0 aliphatic heterocycles. The average molecular weight is 323 g/mol. The lowest BCUT2D eigenvalue weighted by atomic mass is 10.1. The Morgan fingerprint density at radius 1 is 1.17 bits per heavy atom. The Morgan fingerprint density at radius 3 is 2.30 bits per heavy atom. The van der Waals surface area contributed by atoms with E-state index in [1.54, 1.807) is 45.0 Å². The van der Waals surface area contributed by atoms with Crippen LogP contribution < -0.4 is 5.32 Å². The number of benzene rings is 1. The van der Waals surface area contributed by atoms with Crippen LogP contribution in [0.3, 0.4) is 0 Å². The van der Waals surface area contributed by atoms with Crippen LogP contribution in [-0.2, 0) is 25.7 Å². The van der Waals surface area contributed by atoms with Gasteiger partial charge in [0, 0.05) is 0 Å². The minimum absolute atomic E-state index is 0.0147. The van der Waals surface area contributed by atoms with Gasteiger partial charge in [-0.2, -0.15) is 0 Å². The van der Waals surface area contributed by atoms with E-state index in [9.17, 15) is 14.4 Å². The third-order valence-corrected chi connectivity index (χ3v) is 2.57. The van der Waals surface area contributed by atoms with Crippen molar-refractivity contribution in [2.45, 2.75) is 45.4 Å². The minimum atomic E-state index is -1.31. The quantitative estimate of drug-likeness (QED) is 0.777. The molecule has 0 saturated heterocycles. The van der Waals surface area contributed by atoms with Crippen LogP contribution in [0.25, 0.3) is 0 Å². The zero-order valence-corrected chi connectivity index (χ0v) is 13.4. The van der Waals surface area contributed by atoms with Gasteiger partial charge in [0.1, 0.15) is 18.2 Å². The van der Waals surface area contributed by atoms with Crippen LogP contribution in [0.2, 0.25) is 0 Å². The van der Waals surface area contributed by atoms with Gasteiger partial charge in [-0.05, 0) is 26.3 Å². The van der Waals surface area contributed by atoms with E-state index >= 15 is 0 Å². The number of esters is 1. The molecule has 7 heteroatoms. The fraction of sp³-hybridized carbons (Fsp3) is 0.438. The monoisotopic (exact) mass is 323 g/mol. The summed E-state index contributed by atoms with van der Waals surface area (Å²) in [7, 11) is 0. The van der Waals surface area contributed by atoms with Gasteiger partial charge in [-0.3, -0.25) is 4.79 Å². The Kier molecular flexibility index (Phi) is 6.56. The zero-order chi connectivity index (χ0) is 17.5. The van der Waals surface area contributed by atoms with E-state index in [2.05, 4.69) is 5.32 Å². The molecule has 1 rings (SSSR count). The molecule has 0 aliphatic rings. The number of carbonyl (C=O) groups excluding carboxylic acids is 2. The molecule has 1 atom stereocenters. The van der Waals surface area contributed by atoms with E-state index in [4.69, 9.17) is 14.6 Å². The molecule has 7 nitrogen and oxygen atoms in total. The molecule has 0 spiro atoms. The number of rotatable bonds is 6. The van der Waals surface area contributed by atoms with Crippen LogP contribution in [0.15, 0.2) is 30.3 Å². The van der Waals surface area contributed by atoms with Crippen LogP contribution in [0, 0.1) is 0 Å². The first-order chi connectivity index (χ1) is 10.7. The predicted molar refractivity (Wildman–Crippen MR) is 81.6 cm³/mol. The molecule has 1 amide bonds. The summed E-state index contributed by atoms with van der Waals surface area (Å²) in [5.74, 6) is -2.05. The second-order valence-electron chi connectivity index (χ2n) is 5.89. The maximum atomic E-state index is 11.9. The van der Waals surface area contributed by atoms with Crippen molar-refractivity contribution in [2.75, 3.05) is 0 Å². The van der Waals surface area contributed by atoms with Crippen LogP contribution >= 0.6 is 0 Å². The topological polar surface area (TPSA) is 102 Å². The van der Waals surface area contributed by atoms with Crippen molar-refractivity contribution in [3.8, 4) is 0 Å². The van der Waals surface area contributed by atoms with E-state index in [1.165, 1.54) is 0 Å². The van der Waals surface area contributed by atoms with Gasteiger partial charge in [0.25, 0.3) is 0 Å². The van der Waals surface area contributed by atoms with Crippen LogP contribution in [0.4, 0.5) is 4.79 Å². The Bertz CT molecular complexity index is 549. The van der Waals surface area contributed by atoms with Gasteiger partial charge < -0.3 is 19.9 Å². The molecule has 0 bridgehead atoms. The molecule has 1 unspecified atom stereocenters. The first-order valence-corrected chi connectivity index (χ1v) is 7.09. The van der Waals surface area contributed by atoms with Crippen LogP contribution in [-0.4, -0.2) is 34.8 Å². The second kappa shape index (κ2) is 8.17. The van der Waals surface area contributed by atoms with Crippen molar-refractivity contribution in [3.63, 3.8) is 0 Å². The molecule has 0 radical (unpaired) electrons. The van der Waals surface area contributed by atoms with Crippen molar-refractivity contribution in [1.29, 1.82) is 0 Å². The van der Waals surface area contributed by atoms with E-state index in [1.807, 2.05) is 6.07 Å². The summed E-state index contributed by atoms with van der Waals surface area (Å²) >= 11 is 0.